The maximum absolute atomic E-state index is 5.06. The number of aromatic nitrogens is 4. The molecule has 4 nitrogen and oxygen atoms in total. The Bertz CT molecular complexity index is 2100. The Morgan fingerprint density at radius 1 is 0.462 bits per heavy atom. The maximum atomic E-state index is 5.06. The number of thiophene rings is 1. The molecule has 0 unspecified atom stereocenters. The zero-order valence-electron chi connectivity index (χ0n) is 20.7. The molecule has 5 heteroatoms. The van der Waals surface area contributed by atoms with Crippen molar-refractivity contribution in [1.29, 1.82) is 0 Å². The molecule has 0 saturated carbocycles. The lowest BCUT2D eigenvalue weighted by Gasteiger charge is -2.10. The first-order valence-electron chi connectivity index (χ1n) is 12.8. The summed E-state index contributed by atoms with van der Waals surface area (Å²) in [6.07, 6.45) is 0. The Hall–Kier alpha value is -5.00. The van der Waals surface area contributed by atoms with Crippen molar-refractivity contribution >= 4 is 53.2 Å². The molecule has 3 aromatic heterocycles. The van der Waals surface area contributed by atoms with E-state index in [1.54, 1.807) is 11.3 Å². The minimum atomic E-state index is 0.561. The molecular formula is C34H20N4S. The lowest BCUT2D eigenvalue weighted by atomic mass is 10.0. The molecule has 0 bridgehead atoms. The first-order valence-corrected chi connectivity index (χ1v) is 13.6. The van der Waals surface area contributed by atoms with Crippen LogP contribution in [0.1, 0.15) is 0 Å². The quantitative estimate of drug-likeness (QED) is 0.235. The van der Waals surface area contributed by atoms with E-state index in [9.17, 15) is 0 Å². The summed E-state index contributed by atoms with van der Waals surface area (Å²) in [7, 11) is 0. The minimum absolute atomic E-state index is 0.561. The van der Waals surface area contributed by atoms with Crippen LogP contribution in [0.2, 0.25) is 0 Å². The summed E-state index contributed by atoms with van der Waals surface area (Å²) in [6, 6.07) is 41.7. The first kappa shape index (κ1) is 22.0. The number of hydrogen-bond acceptors (Lipinski definition) is 5. The van der Waals surface area contributed by atoms with E-state index in [1.807, 2.05) is 24.3 Å². The van der Waals surface area contributed by atoms with E-state index in [0.717, 1.165) is 33.1 Å². The average Bonchev–Trinajstić information content (AvgIpc) is 3.39. The van der Waals surface area contributed by atoms with Gasteiger partial charge in [-0.15, -0.1) is 11.3 Å². The molecule has 0 atom stereocenters. The highest BCUT2D eigenvalue weighted by Gasteiger charge is 2.17. The van der Waals surface area contributed by atoms with Gasteiger partial charge in [0.15, 0.2) is 17.5 Å². The summed E-state index contributed by atoms with van der Waals surface area (Å²) in [5.41, 5.74) is 3.58. The Balaban J connectivity index is 1.40. The fourth-order valence-electron chi connectivity index (χ4n) is 5.22. The second kappa shape index (κ2) is 8.79. The highest BCUT2D eigenvalue weighted by Crippen LogP contribution is 2.39. The van der Waals surface area contributed by atoms with Crippen LogP contribution in [-0.4, -0.2) is 19.9 Å². The smallest absolute Gasteiger partial charge is 0.182 e. The normalized spacial score (nSPS) is 11.6. The van der Waals surface area contributed by atoms with Crippen LogP contribution in [-0.2, 0) is 0 Å². The summed E-state index contributed by atoms with van der Waals surface area (Å²) in [6.45, 7) is 0. The van der Waals surface area contributed by atoms with Crippen LogP contribution in [0.5, 0.6) is 0 Å². The van der Waals surface area contributed by atoms with Crippen LogP contribution in [0.25, 0.3) is 76.1 Å². The largest absolute Gasteiger partial charge is 0.244 e. The van der Waals surface area contributed by atoms with Gasteiger partial charge in [0.25, 0.3) is 0 Å². The van der Waals surface area contributed by atoms with Gasteiger partial charge in [0.1, 0.15) is 5.69 Å². The number of benzene rings is 5. The van der Waals surface area contributed by atoms with Gasteiger partial charge in [0, 0.05) is 36.7 Å². The number of fused-ring (bicyclic) bond motifs is 5. The molecule has 0 radical (unpaired) electrons. The van der Waals surface area contributed by atoms with Crippen LogP contribution in [0.4, 0.5) is 0 Å². The zero-order chi connectivity index (χ0) is 25.8. The predicted octanol–water partition coefficient (Wildman–Crippen LogP) is 8.94. The third kappa shape index (κ3) is 3.75. The molecule has 5 aromatic carbocycles. The van der Waals surface area contributed by atoms with Crippen LogP contribution in [0.3, 0.4) is 0 Å². The molecule has 0 amide bonds. The molecule has 182 valence electrons. The second-order valence-corrected chi connectivity index (χ2v) is 10.6. The lowest BCUT2D eigenvalue weighted by Crippen LogP contribution is -2.01. The van der Waals surface area contributed by atoms with Crippen molar-refractivity contribution in [3.63, 3.8) is 0 Å². The van der Waals surface area contributed by atoms with E-state index in [-0.39, 0.29) is 0 Å². The van der Waals surface area contributed by atoms with Crippen molar-refractivity contribution in [3.05, 3.63) is 121 Å². The third-order valence-electron chi connectivity index (χ3n) is 7.11. The molecule has 39 heavy (non-hydrogen) atoms. The Morgan fingerprint density at radius 2 is 1.18 bits per heavy atom. The van der Waals surface area contributed by atoms with Gasteiger partial charge in [-0.1, -0.05) is 91.0 Å². The molecule has 0 aliphatic rings. The lowest BCUT2D eigenvalue weighted by molar-refractivity contribution is 1.07. The van der Waals surface area contributed by atoms with Crippen LogP contribution < -0.4 is 0 Å². The molecule has 0 aliphatic heterocycles. The molecular weight excluding hydrogens is 496 g/mol. The van der Waals surface area contributed by atoms with Gasteiger partial charge < -0.3 is 0 Å². The van der Waals surface area contributed by atoms with E-state index >= 15 is 0 Å². The maximum Gasteiger partial charge on any atom is 0.182 e. The number of pyridine rings is 1. The van der Waals surface area contributed by atoms with E-state index in [0.29, 0.717) is 17.5 Å². The highest BCUT2D eigenvalue weighted by atomic mass is 32.1. The molecule has 0 saturated heterocycles. The van der Waals surface area contributed by atoms with E-state index in [4.69, 9.17) is 19.9 Å². The Labute approximate surface area is 228 Å². The first-order chi connectivity index (χ1) is 19.3. The molecule has 8 rings (SSSR count). The van der Waals surface area contributed by atoms with Gasteiger partial charge in [-0.3, -0.25) is 0 Å². The van der Waals surface area contributed by atoms with Gasteiger partial charge >= 0.3 is 0 Å². The Kier molecular flexibility index (Phi) is 4.96. The number of nitrogens with zero attached hydrogens (tertiary/aromatic N) is 4. The number of rotatable bonds is 3. The Morgan fingerprint density at radius 3 is 2.13 bits per heavy atom. The number of para-hydroxylation sites is 1. The van der Waals surface area contributed by atoms with Crippen LogP contribution >= 0.6 is 11.3 Å². The van der Waals surface area contributed by atoms with E-state index in [2.05, 4.69) is 97.1 Å². The van der Waals surface area contributed by atoms with E-state index < -0.39 is 0 Å². The van der Waals surface area contributed by atoms with Crippen molar-refractivity contribution in [3.8, 4) is 34.3 Å². The minimum Gasteiger partial charge on any atom is -0.244 e. The monoisotopic (exact) mass is 516 g/mol. The van der Waals surface area contributed by atoms with Gasteiger partial charge in [-0.05, 0) is 41.1 Å². The molecule has 0 aliphatic carbocycles. The number of hydrogen-bond donors (Lipinski definition) is 0. The van der Waals surface area contributed by atoms with Gasteiger partial charge in [0.05, 0.1) is 5.52 Å². The average molecular weight is 517 g/mol. The summed E-state index contributed by atoms with van der Waals surface area (Å²) in [4.78, 5) is 20.0. The predicted molar refractivity (Wildman–Crippen MR) is 162 cm³/mol. The topological polar surface area (TPSA) is 51.6 Å². The second-order valence-electron chi connectivity index (χ2n) is 9.53. The fraction of sp³-hybridized carbons (Fsp3) is 0. The van der Waals surface area contributed by atoms with Gasteiger partial charge in [-0.2, -0.15) is 0 Å². The fourth-order valence-corrected chi connectivity index (χ4v) is 6.35. The van der Waals surface area contributed by atoms with Crippen LogP contribution in [0, 0.1) is 0 Å². The van der Waals surface area contributed by atoms with Gasteiger partial charge in [0.2, 0.25) is 0 Å². The molecule has 0 fully saturated rings. The van der Waals surface area contributed by atoms with E-state index in [1.165, 1.54) is 25.6 Å². The summed E-state index contributed by atoms with van der Waals surface area (Å²) in [5.74, 6) is 1.84. The van der Waals surface area contributed by atoms with Crippen molar-refractivity contribution in [2.24, 2.45) is 0 Å². The molecule has 0 N–H and O–H groups in total. The van der Waals surface area contributed by atoms with Crippen molar-refractivity contribution in [2.75, 3.05) is 0 Å². The molecule has 8 aromatic rings. The standard InChI is InChI=1S/C34H20N4S/c1-2-10-23-20-24(17-16-21(23)8-1)32-36-33(26-12-7-15-30-31(26)25-11-4-6-14-29(25)39-30)38-34(37-32)28-19-18-22-9-3-5-13-27(22)35-28/h1-20H. The van der Waals surface area contributed by atoms with Crippen molar-refractivity contribution in [1.82, 2.24) is 19.9 Å². The molecule has 3 heterocycles. The zero-order valence-corrected chi connectivity index (χ0v) is 21.6. The SMILES string of the molecule is c1ccc2cc(-c3nc(-c4ccc5ccccc5n4)nc(-c4cccc5sc6ccccc6c45)n3)ccc2c1. The molecule has 0 spiro atoms. The van der Waals surface area contributed by atoms with Crippen molar-refractivity contribution in [2.45, 2.75) is 0 Å². The summed E-state index contributed by atoms with van der Waals surface area (Å²) >= 11 is 1.79. The summed E-state index contributed by atoms with van der Waals surface area (Å²) < 4.78 is 2.46. The van der Waals surface area contributed by atoms with Gasteiger partial charge in [-0.25, -0.2) is 19.9 Å². The van der Waals surface area contributed by atoms with Crippen LogP contribution in [0.15, 0.2) is 121 Å². The third-order valence-corrected chi connectivity index (χ3v) is 8.25. The highest BCUT2D eigenvalue weighted by molar-refractivity contribution is 7.25. The summed E-state index contributed by atoms with van der Waals surface area (Å²) in [5, 5.41) is 5.80. The van der Waals surface area contributed by atoms with Crippen molar-refractivity contribution < 1.29 is 0 Å².